The Labute approximate surface area is 207 Å². The molecule has 0 amide bonds. The minimum absolute atomic E-state index is 0.0676. The van der Waals surface area contributed by atoms with Crippen LogP contribution in [0, 0.1) is 11.8 Å². The lowest BCUT2D eigenvalue weighted by atomic mass is 10.1. The van der Waals surface area contributed by atoms with E-state index in [1.165, 1.54) is 6.07 Å². The van der Waals surface area contributed by atoms with E-state index in [2.05, 4.69) is 28.0 Å². The van der Waals surface area contributed by atoms with Crippen molar-refractivity contribution in [3.63, 3.8) is 0 Å². The number of alkyl halides is 2. The number of nitrogens with zero attached hydrogens (tertiary/aromatic N) is 4. The summed E-state index contributed by atoms with van der Waals surface area (Å²) in [6.07, 6.45) is 3.95. The lowest BCUT2D eigenvalue weighted by Gasteiger charge is -2.28. The lowest BCUT2D eigenvalue weighted by Crippen LogP contribution is -2.31. The van der Waals surface area contributed by atoms with Crippen LogP contribution in [0.2, 0.25) is 0 Å². The van der Waals surface area contributed by atoms with Crippen LogP contribution < -0.4 is 10.5 Å². The molecular formula is C26H29F2N5O2. The van der Waals surface area contributed by atoms with Gasteiger partial charge in [0.1, 0.15) is 6.61 Å². The molecule has 184 valence electrons. The van der Waals surface area contributed by atoms with Gasteiger partial charge in [0.25, 0.3) is 6.43 Å². The van der Waals surface area contributed by atoms with Crippen LogP contribution in [0.15, 0.2) is 48.9 Å². The van der Waals surface area contributed by atoms with Gasteiger partial charge in [-0.1, -0.05) is 24.0 Å². The first-order valence-electron chi connectivity index (χ1n) is 12.7. The molecule has 1 aliphatic rings. The number of hydrogen-bond acceptors (Lipinski definition) is 6. The van der Waals surface area contributed by atoms with E-state index in [9.17, 15) is 13.9 Å². The number of rotatable bonds is 6. The Hall–Kier alpha value is -3.48. The molecular weight excluding hydrogens is 452 g/mol. The number of hydrogen-bond donors (Lipinski definition) is 2. The average Bonchev–Trinajstić information content (AvgIpc) is 3.37. The van der Waals surface area contributed by atoms with Crippen molar-refractivity contribution < 1.29 is 22.7 Å². The zero-order chi connectivity index (χ0) is 27.5. The molecule has 2 aromatic heterocycles. The summed E-state index contributed by atoms with van der Waals surface area (Å²) in [6, 6.07) is 8.55. The topological polar surface area (TPSA) is 89.4 Å². The molecule has 7 nitrogen and oxygen atoms in total. The van der Waals surface area contributed by atoms with Crippen molar-refractivity contribution in [3.05, 3.63) is 60.0 Å². The molecule has 3 N–H and O–H groups in total. The second-order valence-corrected chi connectivity index (χ2v) is 8.66. The maximum atomic E-state index is 13.2. The van der Waals surface area contributed by atoms with E-state index in [0.717, 1.165) is 37.1 Å². The number of halogens is 2. The number of aliphatic hydroxyl groups is 1. The highest BCUT2D eigenvalue weighted by atomic mass is 19.3. The number of likely N-dealkylation sites (tertiary alicyclic amines) is 1. The van der Waals surface area contributed by atoms with Crippen molar-refractivity contribution >= 4 is 5.82 Å². The smallest absolute Gasteiger partial charge is 0.277 e. The summed E-state index contributed by atoms with van der Waals surface area (Å²) in [5.41, 5.74) is 5.16. The van der Waals surface area contributed by atoms with Crippen LogP contribution in [0.25, 0.3) is 11.1 Å². The Bertz CT molecular complexity index is 1330. The van der Waals surface area contributed by atoms with Gasteiger partial charge in [0.15, 0.2) is 17.2 Å². The second-order valence-electron chi connectivity index (χ2n) is 8.66. The molecule has 1 fully saturated rings. The van der Waals surface area contributed by atoms with Crippen molar-refractivity contribution in [2.24, 2.45) is 0 Å². The quantitative estimate of drug-likeness (QED) is 0.518. The van der Waals surface area contributed by atoms with E-state index in [4.69, 9.17) is 14.6 Å². The summed E-state index contributed by atoms with van der Waals surface area (Å²) in [7, 11) is 2.11. The Morgan fingerprint density at radius 1 is 1.29 bits per heavy atom. The Balaban J connectivity index is 1.47. The first-order valence-corrected chi connectivity index (χ1v) is 11.2. The fraction of sp³-hybridized carbons (Fsp3) is 0.385. The van der Waals surface area contributed by atoms with Gasteiger partial charge in [-0.3, -0.25) is 4.68 Å². The van der Waals surface area contributed by atoms with Gasteiger partial charge < -0.3 is 20.5 Å². The van der Waals surface area contributed by atoms with Crippen LogP contribution in [0.1, 0.15) is 41.0 Å². The van der Waals surface area contributed by atoms with Crippen LogP contribution in [0.5, 0.6) is 5.75 Å². The predicted molar refractivity (Wildman–Crippen MR) is 130 cm³/mol. The van der Waals surface area contributed by atoms with E-state index < -0.39 is 18.9 Å². The van der Waals surface area contributed by atoms with Crippen LogP contribution in [0.4, 0.5) is 14.6 Å². The van der Waals surface area contributed by atoms with Crippen LogP contribution in [-0.2, 0) is 6.61 Å². The van der Waals surface area contributed by atoms with Crippen LogP contribution >= 0.6 is 0 Å². The van der Waals surface area contributed by atoms with E-state index in [1.807, 2.05) is 16.8 Å². The molecule has 0 saturated carbocycles. The second kappa shape index (κ2) is 10.4. The SMILES string of the molecule is [2H]C([2H])([2H])C(O)(C#Cc1cccc(COc2cc(-c3cnn(C4CCN(C)CC4)c3)cnc2N)c1)C(F)F. The number of nitrogens with two attached hydrogens (primary N) is 1. The third-order valence-electron chi connectivity index (χ3n) is 5.91. The van der Waals surface area contributed by atoms with Gasteiger partial charge in [-0.2, -0.15) is 5.10 Å². The Morgan fingerprint density at radius 2 is 2.09 bits per heavy atom. The van der Waals surface area contributed by atoms with Gasteiger partial charge in [-0.25, -0.2) is 13.8 Å². The minimum atomic E-state index is -3.56. The van der Waals surface area contributed by atoms with E-state index in [-0.39, 0.29) is 18.0 Å². The maximum Gasteiger partial charge on any atom is 0.277 e. The van der Waals surface area contributed by atoms with Crippen molar-refractivity contribution in [1.29, 1.82) is 0 Å². The molecule has 1 saturated heterocycles. The lowest BCUT2D eigenvalue weighted by molar-refractivity contribution is -0.0418. The normalized spacial score (nSPS) is 18.1. The van der Waals surface area contributed by atoms with Gasteiger partial charge in [0.2, 0.25) is 0 Å². The molecule has 3 aromatic rings. The molecule has 35 heavy (non-hydrogen) atoms. The summed E-state index contributed by atoms with van der Waals surface area (Å²) < 4.78 is 55.9. The highest BCUT2D eigenvalue weighted by Gasteiger charge is 2.29. The number of piperidine rings is 1. The number of pyridine rings is 1. The van der Waals surface area contributed by atoms with Crippen molar-refractivity contribution in [2.75, 3.05) is 25.9 Å². The third kappa shape index (κ3) is 6.15. The predicted octanol–water partition coefficient (Wildman–Crippen LogP) is 3.74. The first kappa shape index (κ1) is 20.9. The molecule has 1 aliphatic heterocycles. The highest BCUT2D eigenvalue weighted by molar-refractivity contribution is 5.65. The summed E-state index contributed by atoms with van der Waals surface area (Å²) in [5, 5.41) is 14.4. The van der Waals surface area contributed by atoms with Crippen LogP contribution in [-0.4, -0.2) is 56.9 Å². The van der Waals surface area contributed by atoms with Crippen molar-refractivity contribution in [3.8, 4) is 28.7 Å². The number of nitrogen functional groups attached to an aromatic ring is 1. The van der Waals surface area contributed by atoms with Gasteiger partial charge in [0.05, 0.1) is 12.2 Å². The number of benzene rings is 1. The zero-order valence-electron chi connectivity index (χ0n) is 22.3. The zero-order valence-corrected chi connectivity index (χ0v) is 19.3. The molecule has 0 bridgehead atoms. The molecule has 0 spiro atoms. The van der Waals surface area contributed by atoms with E-state index in [1.54, 1.807) is 36.7 Å². The number of anilines is 1. The molecule has 1 aromatic carbocycles. The molecule has 3 heterocycles. The Kier molecular flexibility index (Phi) is 6.21. The van der Waals surface area contributed by atoms with Crippen molar-refractivity contribution in [2.45, 2.75) is 44.4 Å². The van der Waals surface area contributed by atoms with E-state index in [0.29, 0.717) is 17.4 Å². The average molecular weight is 485 g/mol. The first-order chi connectivity index (χ1) is 18.0. The maximum absolute atomic E-state index is 13.2. The molecule has 9 heteroatoms. The summed E-state index contributed by atoms with van der Waals surface area (Å²) >= 11 is 0. The van der Waals surface area contributed by atoms with Gasteiger partial charge in [0, 0.05) is 33.2 Å². The fourth-order valence-corrected chi connectivity index (χ4v) is 3.80. The largest absolute Gasteiger partial charge is 0.485 e. The monoisotopic (exact) mass is 484 g/mol. The molecule has 1 atom stereocenters. The Morgan fingerprint density at radius 3 is 2.83 bits per heavy atom. The number of ether oxygens (including phenoxy) is 1. The van der Waals surface area contributed by atoms with Crippen molar-refractivity contribution in [1.82, 2.24) is 19.7 Å². The van der Waals surface area contributed by atoms with Gasteiger partial charge in [-0.05, 0) is 63.6 Å². The molecule has 0 aliphatic carbocycles. The minimum Gasteiger partial charge on any atom is -0.485 e. The molecule has 4 rings (SSSR count). The number of aromatic nitrogens is 3. The van der Waals surface area contributed by atoms with Gasteiger partial charge >= 0.3 is 0 Å². The van der Waals surface area contributed by atoms with Gasteiger partial charge in [-0.15, -0.1) is 0 Å². The third-order valence-corrected chi connectivity index (χ3v) is 5.91. The molecule has 0 radical (unpaired) electrons. The molecule has 1 unspecified atom stereocenters. The summed E-state index contributed by atoms with van der Waals surface area (Å²) in [4.78, 5) is 6.55. The summed E-state index contributed by atoms with van der Waals surface area (Å²) in [6.45, 7) is -1.24. The summed E-state index contributed by atoms with van der Waals surface area (Å²) in [5.74, 6) is 4.73. The van der Waals surface area contributed by atoms with Crippen LogP contribution in [0.3, 0.4) is 0 Å². The fourth-order valence-electron chi connectivity index (χ4n) is 3.80. The van der Waals surface area contributed by atoms with E-state index >= 15 is 0 Å². The standard InChI is InChI=1S/C26H29F2N5O2/c1-26(34,25(27)28)9-6-18-4-3-5-19(12-18)17-35-23-13-20(14-30-24(23)29)21-15-31-33(16-21)22-7-10-32(2)11-8-22/h3-5,12-16,22,25,34H,7-8,10-11,17H2,1-2H3,(H2,29,30)/i1D3. The highest BCUT2D eigenvalue weighted by Crippen LogP contribution is 2.29.